The number of aromatic nitrogens is 4. The molecule has 0 fully saturated rings. The van der Waals surface area contributed by atoms with Crippen molar-refractivity contribution in [3.63, 3.8) is 0 Å². The fourth-order valence-electron chi connectivity index (χ4n) is 2.89. The highest BCUT2D eigenvalue weighted by Crippen LogP contribution is 2.17. The maximum absolute atomic E-state index is 12.7. The number of carbonyl (C=O) groups excluding carboxylic acids is 1. The van der Waals surface area contributed by atoms with Crippen LogP contribution in [-0.4, -0.2) is 32.5 Å². The highest BCUT2D eigenvalue weighted by molar-refractivity contribution is 6.30. The van der Waals surface area contributed by atoms with Gasteiger partial charge < -0.3 is 4.74 Å². The van der Waals surface area contributed by atoms with E-state index in [1.807, 2.05) is 6.07 Å². The van der Waals surface area contributed by atoms with Crippen LogP contribution in [0.2, 0.25) is 5.02 Å². The highest BCUT2D eigenvalue weighted by Gasteiger charge is 2.13. The van der Waals surface area contributed by atoms with Crippen LogP contribution in [0.15, 0.2) is 65.8 Å². The molecule has 9 heteroatoms. The number of nitrogens with one attached hydrogen (secondary N) is 1. The fourth-order valence-corrected chi connectivity index (χ4v) is 3.08. The Hall–Kier alpha value is -3.65. The van der Waals surface area contributed by atoms with E-state index in [1.165, 1.54) is 17.2 Å². The normalized spacial score (nSPS) is 10.8. The summed E-state index contributed by atoms with van der Waals surface area (Å²) in [4.78, 5) is 29.3. The number of hydrogen-bond acceptors (Lipinski definition) is 5. The number of nitrogens with zero attached hydrogens (tertiary/aromatic N) is 4. The average molecular weight is 410 g/mol. The minimum atomic E-state index is -0.425. The van der Waals surface area contributed by atoms with Gasteiger partial charge in [0.1, 0.15) is 17.5 Å². The van der Waals surface area contributed by atoms with Gasteiger partial charge in [-0.15, -0.1) is 0 Å². The molecule has 0 radical (unpaired) electrons. The molecule has 0 atom stereocenters. The third kappa shape index (κ3) is 3.83. The van der Waals surface area contributed by atoms with Gasteiger partial charge in [0.25, 0.3) is 5.56 Å². The fraction of sp³-hybridized carbons (Fsp3) is 0.100. The maximum Gasteiger partial charge on any atom is 0.283 e. The van der Waals surface area contributed by atoms with Crippen molar-refractivity contribution in [3.05, 3.63) is 82.0 Å². The number of amides is 1. The Bertz CT molecular complexity index is 1250. The SMILES string of the molecule is COc1ccc(CC(=O)Nn2cnc3c(cnn3-c3cccc(Cl)c3)c2=O)cc1. The summed E-state index contributed by atoms with van der Waals surface area (Å²) >= 11 is 6.03. The molecule has 4 rings (SSSR count). The first kappa shape index (κ1) is 18.7. The molecule has 0 saturated carbocycles. The predicted molar refractivity (Wildman–Crippen MR) is 109 cm³/mol. The topological polar surface area (TPSA) is 91.0 Å². The monoisotopic (exact) mass is 409 g/mol. The van der Waals surface area contributed by atoms with Gasteiger partial charge in [0.05, 0.1) is 25.4 Å². The third-order valence-corrected chi connectivity index (χ3v) is 4.55. The predicted octanol–water partition coefficient (Wildman–Crippen LogP) is 2.56. The zero-order valence-corrected chi connectivity index (χ0v) is 16.1. The van der Waals surface area contributed by atoms with Gasteiger partial charge in [-0.05, 0) is 35.9 Å². The zero-order chi connectivity index (χ0) is 20.4. The molecule has 146 valence electrons. The molecule has 0 aliphatic carbocycles. The first-order chi connectivity index (χ1) is 14.0. The van der Waals surface area contributed by atoms with Gasteiger partial charge in [-0.3, -0.25) is 15.0 Å². The van der Waals surface area contributed by atoms with Gasteiger partial charge in [-0.1, -0.05) is 29.8 Å². The minimum Gasteiger partial charge on any atom is -0.497 e. The van der Waals surface area contributed by atoms with Crippen LogP contribution >= 0.6 is 11.6 Å². The van der Waals surface area contributed by atoms with E-state index in [9.17, 15) is 9.59 Å². The van der Waals surface area contributed by atoms with Gasteiger partial charge in [-0.25, -0.2) is 14.3 Å². The van der Waals surface area contributed by atoms with E-state index in [2.05, 4.69) is 15.5 Å². The molecule has 0 spiro atoms. The first-order valence-corrected chi connectivity index (χ1v) is 9.07. The lowest BCUT2D eigenvalue weighted by molar-refractivity contribution is -0.116. The maximum atomic E-state index is 12.7. The summed E-state index contributed by atoms with van der Waals surface area (Å²) in [6.07, 6.45) is 2.78. The number of ether oxygens (including phenoxy) is 1. The van der Waals surface area contributed by atoms with Crippen LogP contribution in [0.25, 0.3) is 16.7 Å². The summed E-state index contributed by atoms with van der Waals surface area (Å²) in [5, 5.41) is 5.05. The molecule has 0 aliphatic heterocycles. The van der Waals surface area contributed by atoms with Crippen LogP contribution in [0.4, 0.5) is 0 Å². The van der Waals surface area contributed by atoms with Gasteiger partial charge >= 0.3 is 0 Å². The summed E-state index contributed by atoms with van der Waals surface area (Å²) < 4.78 is 7.67. The number of hydrogen-bond donors (Lipinski definition) is 1. The molecule has 2 aromatic heterocycles. The average Bonchev–Trinajstić information content (AvgIpc) is 3.15. The lowest BCUT2D eigenvalue weighted by Crippen LogP contribution is -2.34. The molecule has 2 heterocycles. The van der Waals surface area contributed by atoms with Crippen molar-refractivity contribution < 1.29 is 9.53 Å². The molecule has 0 saturated heterocycles. The van der Waals surface area contributed by atoms with Crippen molar-refractivity contribution in [1.29, 1.82) is 0 Å². The number of methoxy groups -OCH3 is 1. The molecule has 0 bridgehead atoms. The summed E-state index contributed by atoms with van der Waals surface area (Å²) in [7, 11) is 1.58. The molecular weight excluding hydrogens is 394 g/mol. The lowest BCUT2D eigenvalue weighted by atomic mass is 10.1. The number of fused-ring (bicyclic) bond motifs is 1. The summed E-state index contributed by atoms with van der Waals surface area (Å²) in [5.74, 6) is 0.359. The van der Waals surface area contributed by atoms with E-state index in [0.717, 1.165) is 10.2 Å². The van der Waals surface area contributed by atoms with Crippen molar-refractivity contribution in [2.45, 2.75) is 6.42 Å². The molecule has 4 aromatic rings. The van der Waals surface area contributed by atoms with E-state index < -0.39 is 5.56 Å². The molecule has 8 nitrogen and oxygen atoms in total. The Morgan fingerprint density at radius 2 is 2.00 bits per heavy atom. The van der Waals surface area contributed by atoms with Crippen LogP contribution in [0.1, 0.15) is 5.56 Å². The lowest BCUT2D eigenvalue weighted by Gasteiger charge is -2.09. The summed E-state index contributed by atoms with van der Waals surface area (Å²) in [6, 6.07) is 14.2. The van der Waals surface area contributed by atoms with Crippen molar-refractivity contribution in [2.24, 2.45) is 0 Å². The second-order valence-corrected chi connectivity index (χ2v) is 6.69. The number of carbonyl (C=O) groups is 1. The number of halogens is 1. The van der Waals surface area contributed by atoms with Crippen LogP contribution < -0.4 is 15.7 Å². The largest absolute Gasteiger partial charge is 0.497 e. The second-order valence-electron chi connectivity index (χ2n) is 6.25. The van der Waals surface area contributed by atoms with Crippen LogP contribution in [0, 0.1) is 0 Å². The Morgan fingerprint density at radius 3 is 2.72 bits per heavy atom. The van der Waals surface area contributed by atoms with Gasteiger partial charge in [0.2, 0.25) is 5.91 Å². The smallest absolute Gasteiger partial charge is 0.283 e. The summed E-state index contributed by atoms with van der Waals surface area (Å²) in [5.41, 5.74) is 3.97. The van der Waals surface area contributed by atoms with E-state index >= 15 is 0 Å². The van der Waals surface area contributed by atoms with Crippen LogP contribution in [0.3, 0.4) is 0 Å². The number of rotatable bonds is 5. The van der Waals surface area contributed by atoms with Crippen LogP contribution in [0.5, 0.6) is 5.75 Å². The van der Waals surface area contributed by atoms with E-state index in [4.69, 9.17) is 16.3 Å². The molecule has 1 amide bonds. The van der Waals surface area contributed by atoms with E-state index in [-0.39, 0.29) is 17.7 Å². The second kappa shape index (κ2) is 7.76. The van der Waals surface area contributed by atoms with Crippen LogP contribution in [-0.2, 0) is 11.2 Å². The Labute approximate surface area is 170 Å². The first-order valence-electron chi connectivity index (χ1n) is 8.69. The molecule has 0 aliphatic rings. The minimum absolute atomic E-state index is 0.107. The standard InChI is InChI=1S/C20H16ClN5O3/c1-29-16-7-5-13(6-8-16)9-18(27)24-25-12-22-19-17(20(25)28)11-23-26(19)15-4-2-3-14(21)10-15/h2-8,10-12H,9H2,1H3,(H,24,27). The zero-order valence-electron chi connectivity index (χ0n) is 15.4. The Morgan fingerprint density at radius 1 is 1.21 bits per heavy atom. The van der Waals surface area contributed by atoms with Crippen molar-refractivity contribution >= 4 is 28.5 Å². The molecule has 1 N–H and O–H groups in total. The van der Waals surface area contributed by atoms with E-state index in [0.29, 0.717) is 22.1 Å². The van der Waals surface area contributed by atoms with Crippen molar-refractivity contribution in [2.75, 3.05) is 12.5 Å². The molecule has 2 aromatic carbocycles. The third-order valence-electron chi connectivity index (χ3n) is 4.31. The Kier molecular flexibility index (Phi) is 5.01. The number of benzene rings is 2. The van der Waals surface area contributed by atoms with Gasteiger partial charge in [0, 0.05) is 5.02 Å². The van der Waals surface area contributed by atoms with Gasteiger partial charge in [-0.2, -0.15) is 5.10 Å². The highest BCUT2D eigenvalue weighted by atomic mass is 35.5. The molecular formula is C20H16ClN5O3. The van der Waals surface area contributed by atoms with Gasteiger partial charge in [0.15, 0.2) is 5.65 Å². The van der Waals surface area contributed by atoms with Crippen molar-refractivity contribution in [1.82, 2.24) is 19.4 Å². The van der Waals surface area contributed by atoms with E-state index in [1.54, 1.807) is 49.6 Å². The molecule has 29 heavy (non-hydrogen) atoms. The molecule has 0 unspecified atom stereocenters. The Balaban J connectivity index is 1.58. The summed E-state index contributed by atoms with van der Waals surface area (Å²) in [6.45, 7) is 0. The quantitative estimate of drug-likeness (QED) is 0.547. The van der Waals surface area contributed by atoms with Crippen molar-refractivity contribution in [3.8, 4) is 11.4 Å².